The molecule has 0 radical (unpaired) electrons. The summed E-state index contributed by atoms with van der Waals surface area (Å²) >= 11 is 1.59. The van der Waals surface area contributed by atoms with Crippen molar-refractivity contribution in [1.82, 2.24) is 14.9 Å². The number of hydrogen-bond donors (Lipinski definition) is 1. The smallest absolute Gasteiger partial charge is 0.0803 e. The zero-order chi connectivity index (χ0) is 14.1. The van der Waals surface area contributed by atoms with E-state index in [0.717, 1.165) is 25.3 Å². The highest BCUT2D eigenvalue weighted by Crippen LogP contribution is 2.29. The first kappa shape index (κ1) is 16.6. The molecule has 0 saturated heterocycles. The Morgan fingerprint density at radius 1 is 1.11 bits per heavy atom. The molecule has 1 aromatic rings. The van der Waals surface area contributed by atoms with E-state index < -0.39 is 0 Å². The van der Waals surface area contributed by atoms with Crippen molar-refractivity contribution in [2.24, 2.45) is 5.92 Å². The molecule has 1 atom stereocenters. The predicted octanol–water partition coefficient (Wildman–Crippen LogP) is 4.36. The van der Waals surface area contributed by atoms with Crippen LogP contribution in [0.1, 0.15) is 76.4 Å². The molecule has 0 aliphatic heterocycles. The standard InChI is InChI=1S/C15H29N3S/c1-5-9-13-15(19-18-17-13)14(16-10-6-2)11-12(7-3)8-4/h12,14,16H,5-11H2,1-4H3. The molecule has 1 aromatic heterocycles. The van der Waals surface area contributed by atoms with Crippen LogP contribution < -0.4 is 5.32 Å². The molecule has 1 N–H and O–H groups in total. The van der Waals surface area contributed by atoms with E-state index in [2.05, 4.69) is 42.6 Å². The van der Waals surface area contributed by atoms with Crippen molar-refractivity contribution in [2.75, 3.05) is 6.54 Å². The van der Waals surface area contributed by atoms with Gasteiger partial charge in [-0.3, -0.25) is 0 Å². The van der Waals surface area contributed by atoms with E-state index in [1.165, 1.54) is 36.3 Å². The minimum absolute atomic E-state index is 0.450. The minimum atomic E-state index is 0.450. The van der Waals surface area contributed by atoms with Crippen molar-refractivity contribution in [3.63, 3.8) is 0 Å². The molecule has 0 aliphatic rings. The van der Waals surface area contributed by atoms with Gasteiger partial charge in [0.2, 0.25) is 0 Å². The number of rotatable bonds is 10. The quantitative estimate of drug-likeness (QED) is 0.693. The van der Waals surface area contributed by atoms with Crippen LogP contribution in [0.15, 0.2) is 0 Å². The Hall–Kier alpha value is -0.480. The molecule has 0 bridgehead atoms. The molecule has 1 heterocycles. The van der Waals surface area contributed by atoms with Crippen molar-refractivity contribution in [2.45, 2.75) is 72.3 Å². The average Bonchev–Trinajstić information content (AvgIpc) is 2.88. The molecule has 1 rings (SSSR count). The first-order valence-corrected chi connectivity index (χ1v) is 8.58. The number of nitrogens with one attached hydrogen (secondary N) is 1. The van der Waals surface area contributed by atoms with Crippen LogP contribution in [0.2, 0.25) is 0 Å². The van der Waals surface area contributed by atoms with Gasteiger partial charge in [0.15, 0.2) is 0 Å². The predicted molar refractivity (Wildman–Crippen MR) is 83.6 cm³/mol. The van der Waals surface area contributed by atoms with Gasteiger partial charge in [-0.25, -0.2) is 0 Å². The van der Waals surface area contributed by atoms with E-state index in [0.29, 0.717) is 6.04 Å². The maximum atomic E-state index is 4.32. The molecule has 0 spiro atoms. The summed E-state index contributed by atoms with van der Waals surface area (Å²) in [7, 11) is 0. The van der Waals surface area contributed by atoms with Gasteiger partial charge in [-0.15, -0.1) is 5.10 Å². The summed E-state index contributed by atoms with van der Waals surface area (Å²) in [5.74, 6) is 0.797. The largest absolute Gasteiger partial charge is 0.309 e. The van der Waals surface area contributed by atoms with Crippen LogP contribution in [0.25, 0.3) is 0 Å². The van der Waals surface area contributed by atoms with E-state index >= 15 is 0 Å². The third kappa shape index (κ3) is 5.19. The van der Waals surface area contributed by atoms with E-state index in [9.17, 15) is 0 Å². The van der Waals surface area contributed by atoms with Gasteiger partial charge in [0, 0.05) is 6.04 Å². The molecule has 4 heteroatoms. The van der Waals surface area contributed by atoms with Crippen LogP contribution in [-0.4, -0.2) is 16.1 Å². The zero-order valence-electron chi connectivity index (χ0n) is 12.9. The number of aromatic nitrogens is 2. The molecule has 110 valence electrons. The van der Waals surface area contributed by atoms with E-state index in [-0.39, 0.29) is 0 Å². The Labute approximate surface area is 122 Å². The van der Waals surface area contributed by atoms with Gasteiger partial charge in [-0.05, 0) is 43.3 Å². The molecular weight excluding hydrogens is 254 g/mol. The second kappa shape index (κ2) is 9.43. The van der Waals surface area contributed by atoms with Crippen molar-refractivity contribution in [3.8, 4) is 0 Å². The Balaban J connectivity index is 2.79. The van der Waals surface area contributed by atoms with Crippen molar-refractivity contribution >= 4 is 11.5 Å². The topological polar surface area (TPSA) is 37.8 Å². The summed E-state index contributed by atoms with van der Waals surface area (Å²) in [4.78, 5) is 1.38. The van der Waals surface area contributed by atoms with Gasteiger partial charge in [-0.2, -0.15) is 0 Å². The molecule has 0 fully saturated rings. The van der Waals surface area contributed by atoms with Crippen LogP contribution in [-0.2, 0) is 6.42 Å². The second-order valence-corrected chi connectivity index (χ2v) is 6.04. The Kier molecular flexibility index (Phi) is 8.22. The lowest BCUT2D eigenvalue weighted by Gasteiger charge is -2.22. The number of hydrogen-bond acceptors (Lipinski definition) is 4. The summed E-state index contributed by atoms with van der Waals surface area (Å²) in [6.07, 6.45) is 7.11. The maximum Gasteiger partial charge on any atom is 0.0803 e. The zero-order valence-corrected chi connectivity index (χ0v) is 13.7. The van der Waals surface area contributed by atoms with Gasteiger partial charge in [0.25, 0.3) is 0 Å². The fourth-order valence-electron chi connectivity index (χ4n) is 2.45. The second-order valence-electron chi connectivity index (χ2n) is 5.26. The van der Waals surface area contributed by atoms with E-state index in [1.807, 2.05) is 0 Å². The van der Waals surface area contributed by atoms with Crippen LogP contribution in [0.5, 0.6) is 0 Å². The fraction of sp³-hybridized carbons (Fsp3) is 0.867. The van der Waals surface area contributed by atoms with Gasteiger partial charge in [0.05, 0.1) is 10.6 Å². The van der Waals surface area contributed by atoms with Crippen LogP contribution in [0.3, 0.4) is 0 Å². The Morgan fingerprint density at radius 2 is 1.84 bits per heavy atom. The number of aryl methyl sites for hydroxylation is 1. The van der Waals surface area contributed by atoms with Crippen molar-refractivity contribution in [3.05, 3.63) is 10.6 Å². The van der Waals surface area contributed by atoms with Crippen LogP contribution in [0, 0.1) is 5.92 Å². The van der Waals surface area contributed by atoms with Crippen molar-refractivity contribution in [1.29, 1.82) is 0 Å². The fourth-order valence-corrected chi connectivity index (χ4v) is 3.23. The normalized spacial score (nSPS) is 13.1. The highest BCUT2D eigenvalue weighted by molar-refractivity contribution is 7.05. The third-order valence-electron chi connectivity index (χ3n) is 3.75. The first-order valence-electron chi connectivity index (χ1n) is 7.81. The van der Waals surface area contributed by atoms with E-state index in [1.54, 1.807) is 11.5 Å². The van der Waals surface area contributed by atoms with Gasteiger partial charge in [0.1, 0.15) is 0 Å². The lowest BCUT2D eigenvalue weighted by atomic mass is 9.93. The summed E-state index contributed by atoms with van der Waals surface area (Å²) in [5, 5.41) is 8.02. The summed E-state index contributed by atoms with van der Waals surface area (Å²) < 4.78 is 4.18. The Bertz CT molecular complexity index is 334. The monoisotopic (exact) mass is 283 g/mol. The van der Waals surface area contributed by atoms with Crippen LogP contribution >= 0.6 is 11.5 Å². The average molecular weight is 283 g/mol. The number of nitrogens with zero attached hydrogens (tertiary/aromatic N) is 2. The van der Waals surface area contributed by atoms with Gasteiger partial charge >= 0.3 is 0 Å². The molecule has 0 aliphatic carbocycles. The maximum absolute atomic E-state index is 4.32. The molecule has 0 saturated carbocycles. The summed E-state index contributed by atoms with van der Waals surface area (Å²) in [6.45, 7) is 10.1. The van der Waals surface area contributed by atoms with Gasteiger partial charge < -0.3 is 5.32 Å². The highest BCUT2D eigenvalue weighted by atomic mass is 32.1. The van der Waals surface area contributed by atoms with E-state index in [4.69, 9.17) is 0 Å². The first-order chi connectivity index (χ1) is 9.26. The van der Waals surface area contributed by atoms with Crippen LogP contribution in [0.4, 0.5) is 0 Å². The Morgan fingerprint density at radius 3 is 2.42 bits per heavy atom. The lowest BCUT2D eigenvalue weighted by Crippen LogP contribution is -2.24. The van der Waals surface area contributed by atoms with Gasteiger partial charge in [-0.1, -0.05) is 51.4 Å². The molecule has 0 amide bonds. The molecule has 1 unspecified atom stereocenters. The SMILES string of the molecule is CCCNC(CC(CC)CC)c1snnc1CCC. The molecular formula is C15H29N3S. The molecule has 19 heavy (non-hydrogen) atoms. The highest BCUT2D eigenvalue weighted by Gasteiger charge is 2.21. The van der Waals surface area contributed by atoms with Crippen molar-refractivity contribution < 1.29 is 0 Å². The third-order valence-corrected chi connectivity index (χ3v) is 4.63. The lowest BCUT2D eigenvalue weighted by molar-refractivity contribution is 0.373. The minimum Gasteiger partial charge on any atom is -0.309 e. The molecule has 0 aromatic carbocycles. The summed E-state index contributed by atoms with van der Waals surface area (Å²) in [6, 6.07) is 0.450. The summed E-state index contributed by atoms with van der Waals surface area (Å²) in [5.41, 5.74) is 1.21. The molecule has 3 nitrogen and oxygen atoms in total.